The molecule has 3 atom stereocenters. The molecule has 4 heteroatoms. The molecule has 1 heterocycles. The van der Waals surface area contributed by atoms with Crippen molar-refractivity contribution in [2.75, 3.05) is 13.1 Å². The lowest BCUT2D eigenvalue weighted by Gasteiger charge is -2.36. The van der Waals surface area contributed by atoms with Gasteiger partial charge in [-0.3, -0.25) is 4.79 Å². The van der Waals surface area contributed by atoms with Gasteiger partial charge >= 0.3 is 0 Å². The van der Waals surface area contributed by atoms with Gasteiger partial charge in [-0.2, -0.15) is 0 Å². The van der Waals surface area contributed by atoms with Gasteiger partial charge in [0.15, 0.2) is 0 Å². The third-order valence-corrected chi connectivity index (χ3v) is 3.68. The Morgan fingerprint density at radius 2 is 1.94 bits per heavy atom. The Labute approximate surface area is 110 Å². The van der Waals surface area contributed by atoms with Gasteiger partial charge in [-0.25, -0.2) is 0 Å². The van der Waals surface area contributed by atoms with Crippen molar-refractivity contribution in [3.8, 4) is 0 Å². The minimum atomic E-state index is -0.257. The number of rotatable bonds is 4. The van der Waals surface area contributed by atoms with E-state index < -0.39 is 0 Å². The van der Waals surface area contributed by atoms with Crippen LogP contribution >= 0.6 is 12.2 Å². The second kappa shape index (κ2) is 6.34. The zero-order valence-electron chi connectivity index (χ0n) is 11.1. The molecule has 3 unspecified atom stereocenters. The van der Waals surface area contributed by atoms with E-state index in [1.165, 1.54) is 6.42 Å². The maximum Gasteiger partial charge on any atom is 0.232 e. The lowest BCUT2D eigenvalue weighted by Crippen LogP contribution is -2.47. The third kappa shape index (κ3) is 3.95. The van der Waals surface area contributed by atoms with E-state index in [9.17, 15) is 4.79 Å². The van der Waals surface area contributed by atoms with Crippen molar-refractivity contribution in [3.05, 3.63) is 0 Å². The molecule has 0 radical (unpaired) electrons. The van der Waals surface area contributed by atoms with Gasteiger partial charge in [0.05, 0.1) is 10.9 Å². The summed E-state index contributed by atoms with van der Waals surface area (Å²) in [6.07, 6.45) is 2.91. The zero-order valence-corrected chi connectivity index (χ0v) is 11.9. The van der Waals surface area contributed by atoms with E-state index in [4.69, 9.17) is 18.0 Å². The molecule has 1 aliphatic rings. The molecule has 1 saturated heterocycles. The van der Waals surface area contributed by atoms with Crippen LogP contribution in [0.4, 0.5) is 0 Å². The molecule has 3 nitrogen and oxygen atoms in total. The Kier molecular flexibility index (Phi) is 5.37. The van der Waals surface area contributed by atoms with E-state index in [2.05, 4.69) is 20.8 Å². The lowest BCUT2D eigenvalue weighted by molar-refractivity contribution is -0.136. The van der Waals surface area contributed by atoms with Crippen molar-refractivity contribution in [2.24, 2.45) is 23.5 Å². The van der Waals surface area contributed by atoms with Crippen LogP contribution in [-0.2, 0) is 4.79 Å². The first kappa shape index (κ1) is 14.4. The summed E-state index contributed by atoms with van der Waals surface area (Å²) in [5, 5.41) is 0. The molecule has 0 aromatic heterocycles. The summed E-state index contributed by atoms with van der Waals surface area (Å²) in [5.74, 6) is 1.04. The molecule has 0 spiro atoms. The molecule has 0 aromatic carbocycles. The van der Waals surface area contributed by atoms with Gasteiger partial charge in [0, 0.05) is 13.1 Å². The monoisotopic (exact) mass is 256 g/mol. The summed E-state index contributed by atoms with van der Waals surface area (Å²) in [4.78, 5) is 14.7. The SMILES string of the molecule is CCCC(C(=O)N1CC(C)CC(C)C1)C(N)=S. The van der Waals surface area contributed by atoms with Crippen LogP contribution in [0.15, 0.2) is 0 Å². The fraction of sp³-hybridized carbons (Fsp3) is 0.846. The normalized spacial score (nSPS) is 26.6. The van der Waals surface area contributed by atoms with E-state index in [0.717, 1.165) is 25.9 Å². The van der Waals surface area contributed by atoms with Crippen molar-refractivity contribution in [3.63, 3.8) is 0 Å². The smallest absolute Gasteiger partial charge is 0.232 e. The number of hydrogen-bond donors (Lipinski definition) is 1. The highest BCUT2D eigenvalue weighted by atomic mass is 32.1. The van der Waals surface area contributed by atoms with Crippen LogP contribution in [0.1, 0.15) is 40.0 Å². The first-order chi connectivity index (χ1) is 7.95. The summed E-state index contributed by atoms with van der Waals surface area (Å²) < 4.78 is 0. The third-order valence-electron chi connectivity index (χ3n) is 3.40. The summed E-state index contributed by atoms with van der Waals surface area (Å²) in [6, 6.07) is 0. The second-order valence-corrected chi connectivity index (χ2v) is 5.90. The molecule has 17 heavy (non-hydrogen) atoms. The van der Waals surface area contributed by atoms with Crippen molar-refractivity contribution in [1.29, 1.82) is 0 Å². The van der Waals surface area contributed by atoms with E-state index in [1.807, 2.05) is 4.90 Å². The number of carbonyl (C=O) groups is 1. The van der Waals surface area contributed by atoms with Crippen LogP contribution in [0.2, 0.25) is 0 Å². The van der Waals surface area contributed by atoms with E-state index in [0.29, 0.717) is 16.8 Å². The number of thiocarbonyl (C=S) groups is 1. The van der Waals surface area contributed by atoms with Gasteiger partial charge in [-0.05, 0) is 24.7 Å². The number of likely N-dealkylation sites (tertiary alicyclic amines) is 1. The van der Waals surface area contributed by atoms with Crippen LogP contribution in [-0.4, -0.2) is 28.9 Å². The van der Waals surface area contributed by atoms with Gasteiger partial charge in [-0.15, -0.1) is 0 Å². The number of piperidine rings is 1. The van der Waals surface area contributed by atoms with Gasteiger partial charge in [0.2, 0.25) is 5.91 Å². The van der Waals surface area contributed by atoms with Gasteiger partial charge in [-0.1, -0.05) is 39.4 Å². The first-order valence-corrected chi connectivity index (χ1v) is 6.94. The fourth-order valence-corrected chi connectivity index (χ4v) is 2.96. The predicted molar refractivity (Wildman–Crippen MR) is 74.7 cm³/mol. The Morgan fingerprint density at radius 1 is 1.41 bits per heavy atom. The highest BCUT2D eigenvalue weighted by Crippen LogP contribution is 2.23. The number of nitrogens with zero attached hydrogens (tertiary/aromatic N) is 1. The summed E-state index contributed by atoms with van der Waals surface area (Å²) in [5.41, 5.74) is 5.68. The maximum atomic E-state index is 12.4. The zero-order chi connectivity index (χ0) is 13.0. The highest BCUT2D eigenvalue weighted by Gasteiger charge is 2.30. The Morgan fingerprint density at radius 3 is 2.35 bits per heavy atom. The molecule has 0 aliphatic carbocycles. The molecule has 98 valence electrons. The van der Waals surface area contributed by atoms with Crippen LogP contribution in [0.5, 0.6) is 0 Å². The average molecular weight is 256 g/mol. The standard InChI is InChI=1S/C13H24N2OS/c1-4-5-11(12(14)17)13(16)15-7-9(2)6-10(3)8-15/h9-11H,4-8H2,1-3H3,(H2,14,17). The quantitative estimate of drug-likeness (QED) is 0.784. The molecule has 1 fully saturated rings. The Bertz CT molecular complexity index is 283. The van der Waals surface area contributed by atoms with Crippen molar-refractivity contribution >= 4 is 23.1 Å². The van der Waals surface area contributed by atoms with E-state index in [1.54, 1.807) is 0 Å². The van der Waals surface area contributed by atoms with E-state index in [-0.39, 0.29) is 11.8 Å². The van der Waals surface area contributed by atoms with Crippen LogP contribution in [0, 0.1) is 17.8 Å². The molecule has 0 bridgehead atoms. The van der Waals surface area contributed by atoms with Crippen molar-refractivity contribution < 1.29 is 4.79 Å². The maximum absolute atomic E-state index is 12.4. The number of nitrogens with two attached hydrogens (primary N) is 1. The van der Waals surface area contributed by atoms with E-state index >= 15 is 0 Å². The van der Waals surface area contributed by atoms with Gasteiger partial charge in [0.1, 0.15) is 0 Å². The van der Waals surface area contributed by atoms with Crippen LogP contribution in [0.3, 0.4) is 0 Å². The highest BCUT2D eigenvalue weighted by molar-refractivity contribution is 7.80. The predicted octanol–water partition coefficient (Wildman–Crippen LogP) is 2.19. The van der Waals surface area contributed by atoms with Crippen LogP contribution < -0.4 is 5.73 Å². The lowest BCUT2D eigenvalue weighted by atomic mass is 9.90. The van der Waals surface area contributed by atoms with Crippen LogP contribution in [0.25, 0.3) is 0 Å². The summed E-state index contributed by atoms with van der Waals surface area (Å²) >= 11 is 5.02. The molecule has 1 aliphatic heterocycles. The van der Waals surface area contributed by atoms with Gasteiger partial charge < -0.3 is 10.6 Å². The minimum Gasteiger partial charge on any atom is -0.393 e. The van der Waals surface area contributed by atoms with Crippen molar-refractivity contribution in [1.82, 2.24) is 4.90 Å². The van der Waals surface area contributed by atoms with Crippen molar-refractivity contribution in [2.45, 2.75) is 40.0 Å². The summed E-state index contributed by atoms with van der Waals surface area (Å²) in [7, 11) is 0. The molecule has 1 amide bonds. The second-order valence-electron chi connectivity index (χ2n) is 5.43. The molecule has 2 N–H and O–H groups in total. The molecule has 1 rings (SSSR count). The van der Waals surface area contributed by atoms with Gasteiger partial charge in [0.25, 0.3) is 0 Å². The number of hydrogen-bond acceptors (Lipinski definition) is 2. The molecular formula is C13H24N2OS. The Hall–Kier alpha value is -0.640. The molecule has 0 saturated carbocycles. The fourth-order valence-electron chi connectivity index (χ4n) is 2.74. The summed E-state index contributed by atoms with van der Waals surface area (Å²) in [6.45, 7) is 8.16. The number of carbonyl (C=O) groups excluding carboxylic acids is 1. The first-order valence-electron chi connectivity index (χ1n) is 6.53. The molecular weight excluding hydrogens is 232 g/mol. The number of amides is 1. The average Bonchev–Trinajstić information content (AvgIpc) is 2.23. The Balaban J connectivity index is 2.69. The molecule has 0 aromatic rings. The minimum absolute atomic E-state index is 0.137. The topological polar surface area (TPSA) is 46.3 Å². The largest absolute Gasteiger partial charge is 0.393 e.